The smallest absolute Gasteiger partial charge is 0.317 e. The molecule has 28 heavy (non-hydrogen) atoms. The number of amides is 1. The molecule has 0 bridgehead atoms. The second-order valence-electron chi connectivity index (χ2n) is 7.20. The largest absolute Gasteiger partial charge is 0.480 e. The highest BCUT2D eigenvalue weighted by Crippen LogP contribution is 2.20. The first-order chi connectivity index (χ1) is 12.8. The predicted molar refractivity (Wildman–Crippen MR) is 109 cm³/mol. The number of carbonyl (C=O) groups excluding carboxylic acids is 1. The Morgan fingerprint density at radius 3 is 2.32 bits per heavy atom. The molecule has 1 atom stereocenters. The Morgan fingerprint density at radius 2 is 1.82 bits per heavy atom. The van der Waals surface area contributed by atoms with E-state index in [1.54, 1.807) is 24.1 Å². The zero-order chi connectivity index (χ0) is 20.0. The monoisotopic (exact) mass is 415 g/mol. The third kappa shape index (κ3) is 6.72. The highest BCUT2D eigenvalue weighted by atomic mass is 35.5. The lowest BCUT2D eigenvalue weighted by molar-refractivity contribution is -0.139. The summed E-state index contributed by atoms with van der Waals surface area (Å²) in [5, 5.41) is 9.02. The molecule has 1 N–H and O–H groups in total. The average molecular weight is 416 g/mol. The lowest BCUT2D eigenvalue weighted by Crippen LogP contribution is -2.49. The summed E-state index contributed by atoms with van der Waals surface area (Å²) in [5.41, 5.74) is 0.901. The summed E-state index contributed by atoms with van der Waals surface area (Å²) in [7, 11) is 1.77. The highest BCUT2D eigenvalue weighted by Gasteiger charge is 2.27. The molecular formula is C20H31ClFN3O3. The molecule has 1 unspecified atom stereocenters. The van der Waals surface area contributed by atoms with Gasteiger partial charge in [-0.25, -0.2) is 4.39 Å². The lowest BCUT2D eigenvalue weighted by Gasteiger charge is -2.38. The van der Waals surface area contributed by atoms with Gasteiger partial charge in [0, 0.05) is 26.2 Å². The van der Waals surface area contributed by atoms with E-state index in [9.17, 15) is 14.0 Å². The van der Waals surface area contributed by atoms with Crippen molar-refractivity contribution in [1.82, 2.24) is 14.7 Å². The van der Waals surface area contributed by atoms with Gasteiger partial charge in [-0.3, -0.25) is 19.4 Å². The number of aliphatic carboxylic acids is 1. The number of rotatable bonds is 8. The SMILES string of the molecule is CCN(CC(=O)O)C1CCN(CC(=O)N(C)C(C)c2ccc(F)cc2)CC1.Cl. The fraction of sp³-hybridized carbons (Fsp3) is 0.600. The summed E-state index contributed by atoms with van der Waals surface area (Å²) in [6.07, 6.45) is 1.73. The van der Waals surface area contributed by atoms with Gasteiger partial charge in [0.1, 0.15) is 5.82 Å². The van der Waals surface area contributed by atoms with E-state index in [1.807, 2.05) is 18.7 Å². The number of piperidine rings is 1. The number of benzene rings is 1. The molecular weight excluding hydrogens is 385 g/mol. The Labute approximate surface area is 172 Å². The van der Waals surface area contributed by atoms with Crippen molar-refractivity contribution in [1.29, 1.82) is 0 Å². The molecule has 0 aliphatic carbocycles. The fourth-order valence-electron chi connectivity index (χ4n) is 3.60. The second kappa shape index (κ2) is 11.3. The first kappa shape index (κ1) is 24.3. The van der Waals surface area contributed by atoms with Crippen molar-refractivity contribution in [3.8, 4) is 0 Å². The van der Waals surface area contributed by atoms with Crippen LogP contribution in [0.1, 0.15) is 38.3 Å². The molecule has 8 heteroatoms. The van der Waals surface area contributed by atoms with Crippen LogP contribution < -0.4 is 0 Å². The minimum atomic E-state index is -0.800. The van der Waals surface area contributed by atoms with Crippen LogP contribution in [0, 0.1) is 5.82 Å². The van der Waals surface area contributed by atoms with Crippen LogP contribution in [0.25, 0.3) is 0 Å². The number of hydrogen-bond acceptors (Lipinski definition) is 4. The first-order valence-corrected chi connectivity index (χ1v) is 9.51. The number of likely N-dealkylation sites (N-methyl/N-ethyl adjacent to an activating group) is 2. The van der Waals surface area contributed by atoms with Crippen molar-refractivity contribution in [3.63, 3.8) is 0 Å². The molecule has 1 heterocycles. The van der Waals surface area contributed by atoms with E-state index in [1.165, 1.54) is 12.1 Å². The Hall–Kier alpha value is -1.70. The van der Waals surface area contributed by atoms with Crippen LogP contribution in [0.2, 0.25) is 0 Å². The topological polar surface area (TPSA) is 64.1 Å². The maximum atomic E-state index is 13.1. The van der Waals surface area contributed by atoms with Crippen LogP contribution in [-0.2, 0) is 9.59 Å². The van der Waals surface area contributed by atoms with Gasteiger partial charge in [0.2, 0.25) is 5.91 Å². The fourth-order valence-corrected chi connectivity index (χ4v) is 3.60. The van der Waals surface area contributed by atoms with E-state index < -0.39 is 5.97 Å². The molecule has 1 saturated heterocycles. The molecule has 6 nitrogen and oxygen atoms in total. The molecule has 0 saturated carbocycles. The van der Waals surface area contributed by atoms with Crippen molar-refractivity contribution >= 4 is 24.3 Å². The Morgan fingerprint density at radius 1 is 1.25 bits per heavy atom. The van der Waals surface area contributed by atoms with Gasteiger partial charge in [-0.15, -0.1) is 12.4 Å². The Balaban J connectivity index is 0.00000392. The average Bonchev–Trinajstić information content (AvgIpc) is 2.66. The molecule has 0 spiro atoms. The Bertz CT molecular complexity index is 636. The number of halogens is 2. The van der Waals surface area contributed by atoms with Gasteiger partial charge in [0.15, 0.2) is 0 Å². The predicted octanol–water partition coefficient (Wildman–Crippen LogP) is 2.64. The molecule has 158 valence electrons. The first-order valence-electron chi connectivity index (χ1n) is 9.51. The molecule has 1 aromatic rings. The van der Waals surface area contributed by atoms with Crippen molar-refractivity contribution in [3.05, 3.63) is 35.6 Å². The maximum absolute atomic E-state index is 13.1. The van der Waals surface area contributed by atoms with Gasteiger partial charge in [0.25, 0.3) is 0 Å². The van der Waals surface area contributed by atoms with Gasteiger partial charge in [0.05, 0.1) is 19.1 Å². The summed E-state index contributed by atoms with van der Waals surface area (Å²) in [6, 6.07) is 6.36. The third-order valence-corrected chi connectivity index (χ3v) is 5.50. The van der Waals surface area contributed by atoms with Crippen LogP contribution in [0.3, 0.4) is 0 Å². The van der Waals surface area contributed by atoms with Crippen LogP contribution in [0.4, 0.5) is 4.39 Å². The van der Waals surface area contributed by atoms with Gasteiger partial charge in [-0.2, -0.15) is 0 Å². The minimum absolute atomic E-state index is 0. The molecule has 1 fully saturated rings. The zero-order valence-corrected chi connectivity index (χ0v) is 17.6. The molecule has 1 aliphatic heterocycles. The number of carbonyl (C=O) groups is 2. The normalized spacial score (nSPS) is 16.5. The van der Waals surface area contributed by atoms with Crippen molar-refractivity contribution in [2.45, 2.75) is 38.8 Å². The lowest BCUT2D eigenvalue weighted by atomic mass is 10.0. The Kier molecular flexibility index (Phi) is 9.85. The van der Waals surface area contributed by atoms with Crippen LogP contribution in [-0.4, -0.2) is 77.5 Å². The third-order valence-electron chi connectivity index (χ3n) is 5.50. The summed E-state index contributed by atoms with van der Waals surface area (Å²) < 4.78 is 13.1. The minimum Gasteiger partial charge on any atom is -0.480 e. The number of carboxylic acid groups (broad SMARTS) is 1. The van der Waals surface area contributed by atoms with E-state index in [0.29, 0.717) is 13.1 Å². The molecule has 1 aromatic carbocycles. The zero-order valence-electron chi connectivity index (χ0n) is 16.8. The summed E-state index contributed by atoms with van der Waals surface area (Å²) in [5.74, 6) is -1.05. The highest BCUT2D eigenvalue weighted by molar-refractivity contribution is 5.85. The van der Waals surface area contributed by atoms with E-state index in [-0.39, 0.29) is 42.8 Å². The van der Waals surface area contributed by atoms with Gasteiger partial charge < -0.3 is 10.0 Å². The van der Waals surface area contributed by atoms with Crippen molar-refractivity contribution < 1.29 is 19.1 Å². The summed E-state index contributed by atoms with van der Waals surface area (Å²) >= 11 is 0. The number of hydrogen-bond donors (Lipinski definition) is 1. The number of nitrogens with zero attached hydrogens (tertiary/aromatic N) is 3. The van der Waals surface area contributed by atoms with Crippen molar-refractivity contribution in [2.75, 3.05) is 39.8 Å². The second-order valence-corrected chi connectivity index (χ2v) is 7.20. The van der Waals surface area contributed by atoms with E-state index >= 15 is 0 Å². The van der Waals surface area contributed by atoms with Crippen molar-refractivity contribution in [2.24, 2.45) is 0 Å². The van der Waals surface area contributed by atoms with Gasteiger partial charge >= 0.3 is 5.97 Å². The molecule has 0 aromatic heterocycles. The maximum Gasteiger partial charge on any atom is 0.317 e. The van der Waals surface area contributed by atoms with Gasteiger partial charge in [-0.1, -0.05) is 19.1 Å². The quantitative estimate of drug-likeness (QED) is 0.707. The van der Waals surface area contributed by atoms with Crippen LogP contribution >= 0.6 is 12.4 Å². The molecule has 0 radical (unpaired) electrons. The summed E-state index contributed by atoms with van der Waals surface area (Å²) in [4.78, 5) is 29.4. The standard InChI is InChI=1S/C20H30FN3O3.ClH/c1-4-24(14-20(26)27)18-9-11-23(12-10-18)13-19(25)22(3)15(2)16-5-7-17(21)8-6-16;/h5-8,15,18H,4,9-14H2,1-3H3,(H,26,27);1H. The van der Waals surface area contributed by atoms with Crippen LogP contribution in [0.5, 0.6) is 0 Å². The molecule has 2 rings (SSSR count). The molecule has 1 amide bonds. The summed E-state index contributed by atoms with van der Waals surface area (Å²) in [6.45, 7) is 6.61. The molecule has 1 aliphatic rings. The van der Waals surface area contributed by atoms with E-state index in [0.717, 1.165) is 31.5 Å². The number of carboxylic acids is 1. The van der Waals surface area contributed by atoms with Gasteiger partial charge in [-0.05, 0) is 44.0 Å². The van der Waals surface area contributed by atoms with E-state index in [4.69, 9.17) is 5.11 Å². The number of likely N-dealkylation sites (tertiary alicyclic amines) is 1. The van der Waals surface area contributed by atoms with Crippen LogP contribution in [0.15, 0.2) is 24.3 Å². The van der Waals surface area contributed by atoms with E-state index in [2.05, 4.69) is 4.90 Å².